The van der Waals surface area contributed by atoms with Crippen LogP contribution in [0.25, 0.3) is 11.3 Å². The summed E-state index contributed by atoms with van der Waals surface area (Å²) >= 11 is 0. The second kappa shape index (κ2) is 9.54. The van der Waals surface area contributed by atoms with Gasteiger partial charge in [0, 0.05) is 17.3 Å². The Hall–Kier alpha value is -3.61. The first kappa shape index (κ1) is 20.1. The zero-order valence-corrected chi connectivity index (χ0v) is 16.6. The Morgan fingerprint density at radius 3 is 2.48 bits per heavy atom. The molecule has 1 heterocycles. The molecule has 1 N–H and O–H groups in total. The van der Waals surface area contributed by atoms with Crippen LogP contribution in [0, 0.1) is 0 Å². The van der Waals surface area contributed by atoms with E-state index < -0.39 is 0 Å². The number of aromatic nitrogens is 2. The molecule has 29 heavy (non-hydrogen) atoms. The lowest BCUT2D eigenvalue weighted by atomic mass is 10.1. The topological polar surface area (TPSA) is 82.6 Å². The van der Waals surface area contributed by atoms with Crippen LogP contribution < -0.4 is 19.5 Å². The summed E-state index contributed by atoms with van der Waals surface area (Å²) in [5, 5.41) is 11.1. The highest BCUT2D eigenvalue weighted by molar-refractivity contribution is 5.93. The van der Waals surface area contributed by atoms with Crippen molar-refractivity contribution in [1.29, 1.82) is 0 Å². The molecule has 0 atom stereocenters. The maximum Gasteiger partial charge on any atom is 0.233 e. The molecule has 0 saturated heterocycles. The maximum absolute atomic E-state index is 12.5. The normalized spacial score (nSPS) is 10.3. The van der Waals surface area contributed by atoms with Gasteiger partial charge < -0.3 is 19.5 Å². The molecule has 0 saturated carbocycles. The summed E-state index contributed by atoms with van der Waals surface area (Å²) in [6, 6.07) is 16.5. The molecule has 7 nitrogen and oxygen atoms in total. The number of amides is 1. The molecule has 7 heteroatoms. The van der Waals surface area contributed by atoms with Gasteiger partial charge in [0.25, 0.3) is 0 Å². The van der Waals surface area contributed by atoms with Crippen LogP contribution >= 0.6 is 0 Å². The quantitative estimate of drug-likeness (QED) is 0.628. The van der Waals surface area contributed by atoms with Crippen LogP contribution in [0.5, 0.6) is 17.4 Å². The molecular formula is C22H23N3O4. The molecule has 1 amide bonds. The number of carbonyl (C=O) groups excluding carboxylic acids is 1. The largest absolute Gasteiger partial charge is 0.493 e. The van der Waals surface area contributed by atoms with Gasteiger partial charge in [-0.25, -0.2) is 0 Å². The van der Waals surface area contributed by atoms with Crippen LogP contribution in [0.15, 0.2) is 54.6 Å². The number of nitrogens with zero attached hydrogens (tertiary/aromatic N) is 2. The highest BCUT2D eigenvalue weighted by Gasteiger charge is 2.10. The maximum atomic E-state index is 12.5. The van der Waals surface area contributed by atoms with E-state index in [2.05, 4.69) is 15.5 Å². The smallest absolute Gasteiger partial charge is 0.233 e. The van der Waals surface area contributed by atoms with Gasteiger partial charge in [0.1, 0.15) is 0 Å². The van der Waals surface area contributed by atoms with E-state index in [9.17, 15) is 4.79 Å². The van der Waals surface area contributed by atoms with Crippen molar-refractivity contribution >= 4 is 11.6 Å². The Balaban J connectivity index is 1.69. The predicted molar refractivity (Wildman–Crippen MR) is 111 cm³/mol. The first-order valence-corrected chi connectivity index (χ1v) is 9.20. The average Bonchev–Trinajstić information content (AvgIpc) is 2.74. The van der Waals surface area contributed by atoms with Crippen molar-refractivity contribution in [2.75, 3.05) is 26.1 Å². The fourth-order valence-electron chi connectivity index (χ4n) is 2.84. The van der Waals surface area contributed by atoms with Crippen molar-refractivity contribution in [2.45, 2.75) is 13.3 Å². The van der Waals surface area contributed by atoms with Gasteiger partial charge in [-0.1, -0.05) is 18.2 Å². The van der Waals surface area contributed by atoms with Crippen LogP contribution in [-0.2, 0) is 11.2 Å². The first-order valence-electron chi connectivity index (χ1n) is 9.20. The lowest BCUT2D eigenvalue weighted by Crippen LogP contribution is -2.14. The van der Waals surface area contributed by atoms with Gasteiger partial charge in [0.15, 0.2) is 11.5 Å². The third-order valence-corrected chi connectivity index (χ3v) is 4.19. The monoisotopic (exact) mass is 393 g/mol. The van der Waals surface area contributed by atoms with Crippen molar-refractivity contribution in [3.05, 3.63) is 60.2 Å². The van der Waals surface area contributed by atoms with Gasteiger partial charge in [0.2, 0.25) is 11.8 Å². The molecule has 3 rings (SSSR count). The minimum absolute atomic E-state index is 0.132. The van der Waals surface area contributed by atoms with Crippen molar-refractivity contribution in [1.82, 2.24) is 10.2 Å². The van der Waals surface area contributed by atoms with Gasteiger partial charge >= 0.3 is 0 Å². The fourth-order valence-corrected chi connectivity index (χ4v) is 2.84. The number of hydrogen-bond acceptors (Lipinski definition) is 6. The predicted octanol–water partition coefficient (Wildman–Crippen LogP) is 3.74. The fraction of sp³-hybridized carbons (Fsp3) is 0.227. The number of hydrogen-bond donors (Lipinski definition) is 1. The van der Waals surface area contributed by atoms with E-state index in [1.807, 2.05) is 43.3 Å². The minimum atomic E-state index is -0.132. The second-order valence-corrected chi connectivity index (χ2v) is 6.18. The Bertz CT molecular complexity index is 974. The average molecular weight is 393 g/mol. The molecule has 0 fully saturated rings. The highest BCUT2D eigenvalue weighted by Crippen LogP contribution is 2.28. The van der Waals surface area contributed by atoms with Gasteiger partial charge in [0.05, 0.1) is 32.9 Å². The van der Waals surface area contributed by atoms with Gasteiger partial charge in [-0.2, -0.15) is 0 Å². The molecule has 0 unspecified atom stereocenters. The van der Waals surface area contributed by atoms with Crippen LogP contribution in [0.2, 0.25) is 0 Å². The van der Waals surface area contributed by atoms with E-state index >= 15 is 0 Å². The van der Waals surface area contributed by atoms with E-state index in [4.69, 9.17) is 14.2 Å². The van der Waals surface area contributed by atoms with Gasteiger partial charge in [-0.15, -0.1) is 10.2 Å². The number of carbonyl (C=O) groups is 1. The number of methoxy groups -OCH3 is 2. The molecule has 2 aromatic carbocycles. The molecule has 0 aliphatic rings. The SMILES string of the molecule is CCOc1ccc(-c2cccc(NC(=O)Cc3ccc(OC)c(OC)c3)c2)nn1. The molecule has 0 aliphatic carbocycles. The van der Waals surface area contributed by atoms with Gasteiger partial charge in [-0.3, -0.25) is 4.79 Å². The summed E-state index contributed by atoms with van der Waals surface area (Å²) in [6.45, 7) is 2.43. The van der Waals surface area contributed by atoms with E-state index in [1.54, 1.807) is 32.4 Å². The summed E-state index contributed by atoms with van der Waals surface area (Å²) in [5.41, 5.74) is 3.06. The Morgan fingerprint density at radius 1 is 0.966 bits per heavy atom. The lowest BCUT2D eigenvalue weighted by Gasteiger charge is -2.10. The third-order valence-electron chi connectivity index (χ3n) is 4.19. The molecule has 0 bridgehead atoms. The van der Waals surface area contributed by atoms with E-state index in [-0.39, 0.29) is 12.3 Å². The minimum Gasteiger partial charge on any atom is -0.493 e. The molecule has 3 aromatic rings. The first-order chi connectivity index (χ1) is 14.1. The van der Waals surface area contributed by atoms with Crippen LogP contribution in [-0.4, -0.2) is 36.9 Å². The Labute approximate surface area is 169 Å². The van der Waals surface area contributed by atoms with Crippen LogP contribution in [0.1, 0.15) is 12.5 Å². The summed E-state index contributed by atoms with van der Waals surface area (Å²) in [7, 11) is 3.14. The second-order valence-electron chi connectivity index (χ2n) is 6.18. The van der Waals surface area contributed by atoms with Crippen molar-refractivity contribution in [2.24, 2.45) is 0 Å². The summed E-state index contributed by atoms with van der Waals surface area (Å²) in [4.78, 5) is 12.5. The van der Waals surface area contributed by atoms with E-state index in [1.165, 1.54) is 0 Å². The molecule has 0 spiro atoms. The molecule has 0 radical (unpaired) electrons. The third kappa shape index (κ3) is 5.22. The summed E-state index contributed by atoms with van der Waals surface area (Å²) < 4.78 is 15.8. The molecule has 150 valence electrons. The molecule has 0 aliphatic heterocycles. The van der Waals surface area contributed by atoms with Crippen molar-refractivity contribution < 1.29 is 19.0 Å². The van der Waals surface area contributed by atoms with E-state index in [0.29, 0.717) is 35.4 Å². The zero-order chi connectivity index (χ0) is 20.6. The molecular weight excluding hydrogens is 370 g/mol. The standard InChI is InChI=1S/C22H23N3O4/c1-4-29-22-11-9-18(24-25-22)16-6-5-7-17(14-16)23-21(26)13-15-8-10-19(27-2)20(12-15)28-3/h5-12,14H,4,13H2,1-3H3,(H,23,26). The zero-order valence-electron chi connectivity index (χ0n) is 16.6. The summed E-state index contributed by atoms with van der Waals surface area (Å²) in [5.74, 6) is 1.57. The number of ether oxygens (including phenoxy) is 3. The van der Waals surface area contributed by atoms with Crippen LogP contribution in [0.4, 0.5) is 5.69 Å². The molecule has 1 aromatic heterocycles. The number of anilines is 1. The number of benzene rings is 2. The highest BCUT2D eigenvalue weighted by atomic mass is 16.5. The Kier molecular flexibility index (Phi) is 6.63. The lowest BCUT2D eigenvalue weighted by molar-refractivity contribution is -0.115. The van der Waals surface area contributed by atoms with Crippen molar-refractivity contribution in [3.8, 4) is 28.6 Å². The number of rotatable bonds is 8. The summed E-state index contributed by atoms with van der Waals surface area (Å²) in [6.07, 6.45) is 0.216. The number of nitrogens with one attached hydrogen (secondary N) is 1. The Morgan fingerprint density at radius 2 is 1.79 bits per heavy atom. The van der Waals surface area contributed by atoms with Crippen LogP contribution in [0.3, 0.4) is 0 Å². The van der Waals surface area contributed by atoms with E-state index in [0.717, 1.165) is 11.1 Å². The van der Waals surface area contributed by atoms with Gasteiger partial charge in [-0.05, 0) is 42.8 Å². The van der Waals surface area contributed by atoms with Crippen molar-refractivity contribution in [3.63, 3.8) is 0 Å².